The number of benzene rings is 2. The molecule has 9 nitrogen and oxygen atoms in total. The predicted octanol–water partition coefficient (Wildman–Crippen LogP) is 7.44. The van der Waals surface area contributed by atoms with Crippen molar-refractivity contribution in [1.82, 2.24) is 24.7 Å². The van der Waals surface area contributed by atoms with E-state index in [0.717, 1.165) is 15.8 Å². The van der Waals surface area contributed by atoms with E-state index >= 15 is 4.39 Å². The van der Waals surface area contributed by atoms with Crippen LogP contribution in [0.1, 0.15) is 39.5 Å². The topological polar surface area (TPSA) is 122 Å². The monoisotopic (exact) mass is 614 g/mol. The third kappa shape index (κ3) is 5.00. The molecule has 4 aromatic heterocycles. The quantitative estimate of drug-likeness (QED) is 0.192. The molecule has 43 heavy (non-hydrogen) atoms. The number of fused-ring (bicyclic) bond motifs is 2. The summed E-state index contributed by atoms with van der Waals surface area (Å²) in [5.74, 6) is 0.533. The van der Waals surface area contributed by atoms with Gasteiger partial charge >= 0.3 is 5.63 Å². The molecule has 220 valence electrons. The SMILES string of the molecule is CC(c1oc(=O)c2ccccc2c1-c1cncs1)n1nc(-c2cc(F)cc(O[Si](C)(C)C(C)(C)C)c2)c2c(N)ncnc21. The fraction of sp³-hybridized carbons (Fsp3) is 0.258. The van der Waals surface area contributed by atoms with Crippen molar-refractivity contribution in [2.45, 2.75) is 51.9 Å². The maximum Gasteiger partial charge on any atom is 0.343 e. The third-order valence-electron chi connectivity index (χ3n) is 8.13. The molecule has 0 spiro atoms. The average molecular weight is 615 g/mol. The smallest absolute Gasteiger partial charge is 0.343 e. The van der Waals surface area contributed by atoms with Gasteiger partial charge in [-0.2, -0.15) is 5.10 Å². The van der Waals surface area contributed by atoms with Crippen LogP contribution in [0.4, 0.5) is 10.2 Å². The van der Waals surface area contributed by atoms with E-state index in [4.69, 9.17) is 19.7 Å². The maximum atomic E-state index is 15.1. The van der Waals surface area contributed by atoms with Gasteiger partial charge in [-0.25, -0.2) is 23.8 Å². The molecule has 1 unspecified atom stereocenters. The maximum absolute atomic E-state index is 15.1. The van der Waals surface area contributed by atoms with Gasteiger partial charge in [-0.05, 0) is 43.3 Å². The number of hydrogen-bond donors (Lipinski definition) is 1. The Morgan fingerprint density at radius 1 is 1.12 bits per heavy atom. The van der Waals surface area contributed by atoms with E-state index in [9.17, 15) is 4.79 Å². The molecule has 0 aliphatic heterocycles. The Hall–Kier alpha value is -4.42. The first-order chi connectivity index (χ1) is 20.4. The summed E-state index contributed by atoms with van der Waals surface area (Å²) in [6.07, 6.45) is 3.09. The molecule has 0 radical (unpaired) electrons. The Morgan fingerprint density at radius 2 is 1.86 bits per heavy atom. The van der Waals surface area contributed by atoms with Crippen molar-refractivity contribution in [3.63, 3.8) is 0 Å². The second kappa shape index (κ2) is 10.4. The van der Waals surface area contributed by atoms with Crippen LogP contribution in [-0.4, -0.2) is 33.0 Å². The standard InChI is InChI=1S/C31H31FN6O3SSi/c1-17(27-24(23-14-34-16-42-23)21-9-7-8-10-22(21)30(39)40-27)38-29-25(28(33)35-15-36-29)26(37-38)18-11-19(32)13-20(12-18)41-43(5,6)31(2,3)4/h7-17H,1-6H3,(H2,33,35,36). The van der Waals surface area contributed by atoms with Crippen molar-refractivity contribution in [3.05, 3.63) is 82.5 Å². The first-order valence-electron chi connectivity index (χ1n) is 13.8. The minimum Gasteiger partial charge on any atom is -0.543 e. The van der Waals surface area contributed by atoms with Crippen LogP contribution in [-0.2, 0) is 0 Å². The van der Waals surface area contributed by atoms with Crippen molar-refractivity contribution in [2.75, 3.05) is 5.73 Å². The normalized spacial score (nSPS) is 13.1. The van der Waals surface area contributed by atoms with Crippen molar-refractivity contribution in [1.29, 1.82) is 0 Å². The Labute approximate surface area is 252 Å². The summed E-state index contributed by atoms with van der Waals surface area (Å²) in [6, 6.07) is 11.2. The van der Waals surface area contributed by atoms with E-state index in [-0.39, 0.29) is 10.9 Å². The summed E-state index contributed by atoms with van der Waals surface area (Å²) in [4.78, 5) is 27.0. The Balaban J connectivity index is 1.56. The zero-order valence-electron chi connectivity index (χ0n) is 24.7. The van der Waals surface area contributed by atoms with Gasteiger partial charge in [0.1, 0.15) is 41.2 Å². The highest BCUT2D eigenvalue weighted by Crippen LogP contribution is 2.41. The second-order valence-corrected chi connectivity index (χ2v) is 17.6. The molecule has 2 aromatic carbocycles. The minimum atomic E-state index is -2.26. The molecule has 0 fully saturated rings. The van der Waals surface area contributed by atoms with Gasteiger partial charge in [0, 0.05) is 28.8 Å². The van der Waals surface area contributed by atoms with Crippen molar-refractivity contribution < 1.29 is 13.2 Å². The van der Waals surface area contributed by atoms with Crippen LogP contribution < -0.4 is 15.8 Å². The minimum absolute atomic E-state index is 0.0823. The summed E-state index contributed by atoms with van der Waals surface area (Å²) < 4.78 is 29.2. The average Bonchev–Trinajstić information content (AvgIpc) is 3.61. The van der Waals surface area contributed by atoms with Gasteiger partial charge in [0.2, 0.25) is 8.32 Å². The van der Waals surface area contributed by atoms with Gasteiger partial charge in [0.15, 0.2) is 5.65 Å². The van der Waals surface area contributed by atoms with E-state index < -0.39 is 25.8 Å². The number of halogens is 1. The Kier molecular flexibility index (Phi) is 6.93. The van der Waals surface area contributed by atoms with E-state index in [1.54, 1.807) is 34.6 Å². The summed E-state index contributed by atoms with van der Waals surface area (Å²) in [5, 5.41) is 6.49. The molecular formula is C31H31FN6O3SSi. The van der Waals surface area contributed by atoms with Crippen LogP contribution >= 0.6 is 11.3 Å². The molecule has 12 heteroatoms. The Morgan fingerprint density at radius 3 is 2.56 bits per heavy atom. The zero-order chi connectivity index (χ0) is 30.7. The number of thiazole rings is 1. The van der Waals surface area contributed by atoms with Crippen LogP contribution in [0.15, 0.2) is 69.7 Å². The number of rotatable bonds is 6. The summed E-state index contributed by atoms with van der Waals surface area (Å²) in [7, 11) is -2.26. The second-order valence-electron chi connectivity index (χ2n) is 12.0. The molecule has 0 aliphatic rings. The molecule has 6 aromatic rings. The van der Waals surface area contributed by atoms with Gasteiger partial charge in [0.05, 0.1) is 21.2 Å². The van der Waals surface area contributed by atoms with Crippen molar-refractivity contribution in [3.8, 4) is 27.4 Å². The van der Waals surface area contributed by atoms with E-state index in [2.05, 4.69) is 48.8 Å². The fourth-order valence-corrected chi connectivity index (χ4v) is 6.59. The van der Waals surface area contributed by atoms with Gasteiger partial charge in [-0.3, -0.25) is 4.98 Å². The number of nitrogens with zero attached hydrogens (tertiary/aromatic N) is 5. The highest BCUT2D eigenvalue weighted by atomic mass is 32.1. The molecule has 0 bridgehead atoms. The lowest BCUT2D eigenvalue weighted by Crippen LogP contribution is -2.43. The Bertz CT molecular complexity index is 2050. The number of nitrogens with two attached hydrogens (primary N) is 1. The van der Waals surface area contributed by atoms with Gasteiger partial charge < -0.3 is 14.6 Å². The largest absolute Gasteiger partial charge is 0.543 e. The highest BCUT2D eigenvalue weighted by Gasteiger charge is 2.39. The molecule has 0 amide bonds. The van der Waals surface area contributed by atoms with E-state index in [0.29, 0.717) is 39.2 Å². The van der Waals surface area contributed by atoms with Crippen LogP contribution in [0.5, 0.6) is 5.75 Å². The molecule has 0 aliphatic carbocycles. The summed E-state index contributed by atoms with van der Waals surface area (Å²) in [5.41, 5.74) is 9.66. The van der Waals surface area contributed by atoms with Gasteiger partial charge in [-0.1, -0.05) is 39.0 Å². The molecule has 2 N–H and O–H groups in total. The van der Waals surface area contributed by atoms with Crippen molar-refractivity contribution in [2.24, 2.45) is 0 Å². The third-order valence-corrected chi connectivity index (χ3v) is 13.3. The molecule has 6 rings (SSSR count). The molecule has 0 saturated carbocycles. The van der Waals surface area contributed by atoms with E-state index in [1.165, 1.54) is 29.8 Å². The highest BCUT2D eigenvalue weighted by molar-refractivity contribution is 7.13. The van der Waals surface area contributed by atoms with Crippen LogP contribution in [0.2, 0.25) is 18.1 Å². The number of hydrogen-bond acceptors (Lipinski definition) is 9. The van der Waals surface area contributed by atoms with Gasteiger partial charge in [-0.15, -0.1) is 11.3 Å². The summed E-state index contributed by atoms with van der Waals surface area (Å²) in [6.45, 7) is 12.4. The fourth-order valence-electron chi connectivity index (χ4n) is 4.89. The molecular weight excluding hydrogens is 584 g/mol. The van der Waals surface area contributed by atoms with Gasteiger partial charge in [0.25, 0.3) is 0 Å². The van der Waals surface area contributed by atoms with Crippen LogP contribution in [0.3, 0.4) is 0 Å². The molecule has 4 heterocycles. The number of anilines is 1. The lowest BCUT2D eigenvalue weighted by molar-refractivity contribution is 0.405. The lowest BCUT2D eigenvalue weighted by atomic mass is 10.0. The number of aromatic nitrogens is 5. The van der Waals surface area contributed by atoms with Crippen molar-refractivity contribution >= 4 is 47.3 Å². The van der Waals surface area contributed by atoms with Crippen LogP contribution in [0, 0.1) is 5.82 Å². The first-order valence-corrected chi connectivity index (χ1v) is 17.6. The number of nitrogen functional groups attached to an aromatic ring is 1. The molecule has 1 atom stereocenters. The lowest BCUT2D eigenvalue weighted by Gasteiger charge is -2.36. The van der Waals surface area contributed by atoms with Crippen LogP contribution in [0.25, 0.3) is 43.5 Å². The molecule has 0 saturated heterocycles. The summed E-state index contributed by atoms with van der Waals surface area (Å²) >= 11 is 1.44. The zero-order valence-corrected chi connectivity index (χ0v) is 26.5. The van der Waals surface area contributed by atoms with E-state index in [1.807, 2.05) is 19.1 Å². The predicted molar refractivity (Wildman–Crippen MR) is 170 cm³/mol. The first kappa shape index (κ1) is 28.7.